The number of carbonyl (C=O) groups is 2. The molecule has 0 radical (unpaired) electrons. The Balaban J connectivity index is 2.08. The maximum atomic E-state index is 12.2. The Bertz CT molecular complexity index is 825. The molecule has 2 aromatic rings. The Hall–Kier alpha value is -3.28. The third-order valence-corrected chi connectivity index (χ3v) is 3.75. The highest BCUT2D eigenvalue weighted by Crippen LogP contribution is 2.32. The van der Waals surface area contributed by atoms with Crippen molar-refractivity contribution in [2.75, 3.05) is 26.6 Å². The van der Waals surface area contributed by atoms with Crippen LogP contribution in [0.25, 0.3) is 6.08 Å². The zero-order valence-electron chi connectivity index (χ0n) is 15.2. The van der Waals surface area contributed by atoms with Gasteiger partial charge in [-0.05, 0) is 42.3 Å². The fourth-order valence-corrected chi connectivity index (χ4v) is 2.31. The summed E-state index contributed by atoms with van der Waals surface area (Å²) in [5, 5.41) is 2.81. The number of hydrogen-bond acceptors (Lipinski definition) is 5. The molecule has 0 aliphatic carbocycles. The van der Waals surface area contributed by atoms with Gasteiger partial charge in [-0.1, -0.05) is 12.1 Å². The Labute approximate surface area is 152 Å². The van der Waals surface area contributed by atoms with E-state index in [2.05, 4.69) is 10.1 Å². The van der Waals surface area contributed by atoms with Gasteiger partial charge in [0.25, 0.3) is 0 Å². The van der Waals surface area contributed by atoms with Crippen LogP contribution in [0.3, 0.4) is 0 Å². The fourth-order valence-electron chi connectivity index (χ4n) is 2.31. The van der Waals surface area contributed by atoms with Crippen LogP contribution in [0.5, 0.6) is 11.5 Å². The molecule has 0 fully saturated rings. The lowest BCUT2D eigenvalue weighted by Crippen LogP contribution is -2.09. The number of amides is 1. The highest BCUT2D eigenvalue weighted by atomic mass is 16.5. The largest absolute Gasteiger partial charge is 0.493 e. The van der Waals surface area contributed by atoms with Crippen LogP contribution in [0.2, 0.25) is 0 Å². The maximum absolute atomic E-state index is 12.2. The van der Waals surface area contributed by atoms with E-state index in [1.165, 1.54) is 20.3 Å². The number of anilines is 1. The topological polar surface area (TPSA) is 73.9 Å². The summed E-state index contributed by atoms with van der Waals surface area (Å²) in [6.07, 6.45) is 3.08. The van der Waals surface area contributed by atoms with E-state index in [9.17, 15) is 9.59 Å². The van der Waals surface area contributed by atoms with E-state index in [1.54, 1.807) is 49.6 Å². The molecular weight excluding hydrogens is 334 g/mol. The SMILES string of the molecule is COC(=O)c1ccc(/C=C/C(=O)Nc2cc(OC)c(OC)cc2C)cc1. The summed E-state index contributed by atoms with van der Waals surface area (Å²) >= 11 is 0. The lowest BCUT2D eigenvalue weighted by Gasteiger charge is -2.12. The van der Waals surface area contributed by atoms with E-state index in [-0.39, 0.29) is 5.91 Å². The van der Waals surface area contributed by atoms with Gasteiger partial charge in [0.15, 0.2) is 11.5 Å². The van der Waals surface area contributed by atoms with Gasteiger partial charge in [0, 0.05) is 17.8 Å². The molecule has 26 heavy (non-hydrogen) atoms. The molecule has 1 N–H and O–H groups in total. The first kappa shape index (κ1) is 19.1. The average Bonchev–Trinajstić information content (AvgIpc) is 2.67. The van der Waals surface area contributed by atoms with Gasteiger partial charge in [-0.25, -0.2) is 4.79 Å². The van der Waals surface area contributed by atoms with Crippen LogP contribution in [0.15, 0.2) is 42.5 Å². The zero-order valence-corrected chi connectivity index (χ0v) is 15.2. The number of nitrogens with one attached hydrogen (secondary N) is 1. The first-order valence-electron chi connectivity index (χ1n) is 7.88. The minimum absolute atomic E-state index is 0.280. The molecule has 0 bridgehead atoms. The number of ether oxygens (including phenoxy) is 3. The summed E-state index contributed by atoms with van der Waals surface area (Å²) < 4.78 is 15.1. The van der Waals surface area contributed by atoms with E-state index in [0.29, 0.717) is 22.7 Å². The van der Waals surface area contributed by atoms with Crippen LogP contribution >= 0.6 is 0 Å². The minimum Gasteiger partial charge on any atom is -0.493 e. The number of carbonyl (C=O) groups excluding carboxylic acids is 2. The molecule has 2 rings (SSSR count). The van der Waals surface area contributed by atoms with Gasteiger partial charge < -0.3 is 19.5 Å². The Morgan fingerprint density at radius 2 is 1.58 bits per heavy atom. The van der Waals surface area contributed by atoms with Crippen LogP contribution in [0.4, 0.5) is 5.69 Å². The number of rotatable bonds is 6. The first-order valence-corrected chi connectivity index (χ1v) is 7.88. The Morgan fingerprint density at radius 1 is 0.962 bits per heavy atom. The lowest BCUT2D eigenvalue weighted by molar-refractivity contribution is -0.111. The maximum Gasteiger partial charge on any atom is 0.337 e. The second-order valence-corrected chi connectivity index (χ2v) is 5.46. The third kappa shape index (κ3) is 4.63. The van der Waals surface area contributed by atoms with E-state index < -0.39 is 5.97 Å². The standard InChI is InChI=1S/C20H21NO5/c1-13-11-17(24-2)18(25-3)12-16(13)21-19(22)10-7-14-5-8-15(9-6-14)20(23)26-4/h5-12H,1-4H3,(H,21,22)/b10-7+. The van der Waals surface area contributed by atoms with Crippen molar-refractivity contribution in [3.8, 4) is 11.5 Å². The molecule has 0 unspecified atom stereocenters. The van der Waals surface area contributed by atoms with Gasteiger partial charge >= 0.3 is 5.97 Å². The van der Waals surface area contributed by atoms with Gasteiger partial charge in [-0.2, -0.15) is 0 Å². The van der Waals surface area contributed by atoms with Crippen LogP contribution in [-0.2, 0) is 9.53 Å². The highest BCUT2D eigenvalue weighted by molar-refractivity contribution is 6.02. The van der Waals surface area contributed by atoms with E-state index in [0.717, 1.165) is 11.1 Å². The van der Waals surface area contributed by atoms with Gasteiger partial charge in [0.1, 0.15) is 0 Å². The summed E-state index contributed by atoms with van der Waals surface area (Å²) in [5.74, 6) is 0.458. The predicted octanol–water partition coefficient (Wildman–Crippen LogP) is 3.45. The first-order chi connectivity index (χ1) is 12.5. The third-order valence-electron chi connectivity index (χ3n) is 3.75. The van der Waals surface area contributed by atoms with Crippen molar-refractivity contribution in [3.63, 3.8) is 0 Å². The van der Waals surface area contributed by atoms with Crippen molar-refractivity contribution in [2.24, 2.45) is 0 Å². The molecule has 0 saturated carbocycles. The number of benzene rings is 2. The molecule has 0 spiro atoms. The summed E-state index contributed by atoms with van der Waals surface area (Å²) in [7, 11) is 4.43. The normalized spacial score (nSPS) is 10.5. The predicted molar refractivity (Wildman–Crippen MR) is 99.7 cm³/mol. The van der Waals surface area contributed by atoms with Crippen molar-refractivity contribution < 1.29 is 23.8 Å². The van der Waals surface area contributed by atoms with E-state index >= 15 is 0 Å². The molecule has 0 aliphatic heterocycles. The van der Waals surface area contributed by atoms with E-state index in [1.807, 2.05) is 6.92 Å². The molecular formula is C20H21NO5. The summed E-state index contributed by atoms with van der Waals surface area (Å²) in [5.41, 5.74) is 2.73. The summed E-state index contributed by atoms with van der Waals surface area (Å²) in [6, 6.07) is 10.3. The Morgan fingerprint density at radius 3 is 2.15 bits per heavy atom. The van der Waals surface area contributed by atoms with Gasteiger partial charge in [0.2, 0.25) is 5.91 Å². The van der Waals surface area contributed by atoms with Gasteiger partial charge in [0.05, 0.1) is 26.9 Å². The molecule has 0 aromatic heterocycles. The lowest BCUT2D eigenvalue weighted by atomic mass is 10.1. The van der Waals surface area contributed by atoms with Crippen LogP contribution < -0.4 is 14.8 Å². The molecule has 6 nitrogen and oxygen atoms in total. The summed E-state index contributed by atoms with van der Waals surface area (Å²) in [4.78, 5) is 23.6. The van der Waals surface area contributed by atoms with Crippen molar-refractivity contribution in [2.45, 2.75) is 6.92 Å². The highest BCUT2D eigenvalue weighted by Gasteiger charge is 2.10. The number of aryl methyl sites for hydroxylation is 1. The molecule has 0 atom stereocenters. The van der Waals surface area contributed by atoms with Gasteiger partial charge in [-0.15, -0.1) is 0 Å². The smallest absolute Gasteiger partial charge is 0.337 e. The fraction of sp³-hybridized carbons (Fsp3) is 0.200. The second kappa shape index (κ2) is 8.71. The zero-order chi connectivity index (χ0) is 19.1. The average molecular weight is 355 g/mol. The molecule has 0 aliphatic rings. The van der Waals surface area contributed by atoms with Crippen molar-refractivity contribution >= 4 is 23.6 Å². The molecule has 1 amide bonds. The summed E-state index contributed by atoms with van der Waals surface area (Å²) in [6.45, 7) is 1.87. The van der Waals surface area contributed by atoms with Crippen LogP contribution in [0.1, 0.15) is 21.5 Å². The van der Waals surface area contributed by atoms with Crippen LogP contribution in [-0.4, -0.2) is 33.2 Å². The van der Waals surface area contributed by atoms with E-state index in [4.69, 9.17) is 9.47 Å². The monoisotopic (exact) mass is 355 g/mol. The number of esters is 1. The quantitative estimate of drug-likeness (QED) is 0.635. The van der Waals surface area contributed by atoms with Crippen molar-refractivity contribution in [3.05, 3.63) is 59.2 Å². The Kier molecular flexibility index (Phi) is 6.38. The number of methoxy groups -OCH3 is 3. The van der Waals surface area contributed by atoms with Crippen molar-refractivity contribution in [1.82, 2.24) is 0 Å². The van der Waals surface area contributed by atoms with Gasteiger partial charge in [-0.3, -0.25) is 4.79 Å². The minimum atomic E-state index is -0.401. The molecule has 6 heteroatoms. The van der Waals surface area contributed by atoms with Crippen molar-refractivity contribution in [1.29, 1.82) is 0 Å². The molecule has 0 saturated heterocycles. The molecule has 136 valence electrons. The molecule has 0 heterocycles. The number of hydrogen-bond donors (Lipinski definition) is 1. The second-order valence-electron chi connectivity index (χ2n) is 5.46. The molecule has 2 aromatic carbocycles. The van der Waals surface area contributed by atoms with Crippen LogP contribution in [0, 0.1) is 6.92 Å².